The molecule has 3 N–H and O–H groups in total. The lowest BCUT2D eigenvalue weighted by atomic mass is 10.0. The molecule has 0 atom stereocenters. The van der Waals surface area contributed by atoms with Gasteiger partial charge in [0.15, 0.2) is 0 Å². The van der Waals surface area contributed by atoms with E-state index in [0.29, 0.717) is 12.1 Å². The summed E-state index contributed by atoms with van der Waals surface area (Å²) in [6, 6.07) is 3.95. The highest BCUT2D eigenvalue weighted by molar-refractivity contribution is 6.03. The number of benzene rings is 1. The lowest BCUT2D eigenvalue weighted by Crippen LogP contribution is -2.07. The third kappa shape index (κ3) is 3.10. The summed E-state index contributed by atoms with van der Waals surface area (Å²) in [5.74, 6) is -0.856. The number of nitrogens with zero attached hydrogens (tertiary/aromatic N) is 1. The minimum Gasteiger partial charge on any atom is -0.478 e. The number of hydrogen-bond acceptors (Lipinski definition) is 2. The molecule has 21 heavy (non-hydrogen) atoms. The molecular weight excluding hydrogens is 264 g/mol. The van der Waals surface area contributed by atoms with Crippen LogP contribution in [0.25, 0.3) is 10.9 Å². The highest BCUT2D eigenvalue weighted by Gasteiger charge is 2.17. The van der Waals surface area contributed by atoms with Gasteiger partial charge < -0.3 is 15.4 Å². The number of fused-ring (bicyclic) bond motifs is 1. The topological polar surface area (TPSA) is 68.2 Å². The number of aromatic nitrogens is 1. The fourth-order valence-corrected chi connectivity index (χ4v) is 2.84. The first-order valence-electron chi connectivity index (χ1n) is 7.70. The summed E-state index contributed by atoms with van der Waals surface area (Å²) in [7, 11) is 0. The normalized spacial score (nSPS) is 11.2. The molecule has 0 aliphatic rings. The Morgan fingerprint density at radius 2 is 2.10 bits per heavy atom. The molecule has 4 nitrogen and oxygen atoms in total. The zero-order valence-corrected chi connectivity index (χ0v) is 12.9. The summed E-state index contributed by atoms with van der Waals surface area (Å²) < 4.78 is 2.07. The van der Waals surface area contributed by atoms with E-state index >= 15 is 0 Å². The Bertz CT molecular complexity index is 644. The van der Waals surface area contributed by atoms with Gasteiger partial charge in [0, 0.05) is 18.1 Å². The number of carboxylic acids is 1. The summed E-state index contributed by atoms with van der Waals surface area (Å²) in [4.78, 5) is 11.6. The summed E-state index contributed by atoms with van der Waals surface area (Å²) in [6.45, 7) is 5.57. The summed E-state index contributed by atoms with van der Waals surface area (Å²) >= 11 is 0. The van der Waals surface area contributed by atoms with Crippen molar-refractivity contribution in [3.05, 3.63) is 35.0 Å². The molecule has 1 heterocycles. The lowest BCUT2D eigenvalue weighted by Gasteiger charge is -2.08. The number of carbonyl (C=O) groups is 1. The molecule has 0 fully saturated rings. The van der Waals surface area contributed by atoms with Gasteiger partial charge in [-0.05, 0) is 49.1 Å². The average molecular weight is 288 g/mol. The van der Waals surface area contributed by atoms with Crippen molar-refractivity contribution in [3.8, 4) is 0 Å². The van der Waals surface area contributed by atoms with Gasteiger partial charge in [-0.1, -0.05) is 20.3 Å². The molecule has 0 saturated heterocycles. The van der Waals surface area contributed by atoms with Crippen molar-refractivity contribution in [2.24, 2.45) is 5.73 Å². The second-order valence-corrected chi connectivity index (χ2v) is 5.44. The molecule has 0 radical (unpaired) electrons. The Kier molecular flexibility index (Phi) is 5.02. The molecule has 0 aliphatic heterocycles. The molecule has 1 aromatic carbocycles. The largest absolute Gasteiger partial charge is 0.478 e. The van der Waals surface area contributed by atoms with Gasteiger partial charge in [0.1, 0.15) is 0 Å². The molecule has 0 aliphatic carbocycles. The number of nitrogens with two attached hydrogens (primary N) is 1. The third-order valence-electron chi connectivity index (χ3n) is 3.88. The van der Waals surface area contributed by atoms with E-state index in [0.717, 1.165) is 48.7 Å². The minimum absolute atomic E-state index is 0.406. The van der Waals surface area contributed by atoms with E-state index in [9.17, 15) is 9.90 Å². The van der Waals surface area contributed by atoms with Crippen LogP contribution in [0, 0.1) is 0 Å². The smallest absolute Gasteiger partial charge is 0.337 e. The number of rotatable bonds is 7. The van der Waals surface area contributed by atoms with Crippen molar-refractivity contribution in [1.29, 1.82) is 0 Å². The summed E-state index contributed by atoms with van der Waals surface area (Å²) in [5, 5.41) is 10.6. The van der Waals surface area contributed by atoms with Crippen LogP contribution in [0.2, 0.25) is 0 Å². The standard InChI is InChI=1S/C17H24N2O2/c1-3-6-13-11-19(8-5-7-18)16-14(13)9-12(4-2)10-15(16)17(20)21/h9-11H,3-8,18H2,1-2H3,(H,20,21). The van der Waals surface area contributed by atoms with E-state index in [4.69, 9.17) is 5.73 Å². The van der Waals surface area contributed by atoms with Gasteiger partial charge in [0.25, 0.3) is 0 Å². The van der Waals surface area contributed by atoms with Gasteiger partial charge in [0.05, 0.1) is 11.1 Å². The number of aryl methyl sites for hydroxylation is 3. The van der Waals surface area contributed by atoms with Crippen molar-refractivity contribution < 1.29 is 9.90 Å². The monoisotopic (exact) mass is 288 g/mol. The Labute approximate surface area is 125 Å². The van der Waals surface area contributed by atoms with Crippen molar-refractivity contribution in [2.45, 2.75) is 46.1 Å². The second kappa shape index (κ2) is 6.76. The molecular formula is C17H24N2O2. The predicted molar refractivity (Wildman–Crippen MR) is 85.9 cm³/mol. The van der Waals surface area contributed by atoms with Gasteiger partial charge >= 0.3 is 5.97 Å². The molecule has 114 valence electrons. The molecule has 1 aromatic heterocycles. The number of carboxylic acid groups (broad SMARTS) is 1. The fraction of sp³-hybridized carbons (Fsp3) is 0.471. The zero-order chi connectivity index (χ0) is 15.4. The Morgan fingerprint density at radius 1 is 1.33 bits per heavy atom. The molecule has 0 bridgehead atoms. The van der Waals surface area contributed by atoms with E-state index in [1.807, 2.05) is 0 Å². The number of aromatic carboxylic acids is 1. The molecule has 0 unspecified atom stereocenters. The fourth-order valence-electron chi connectivity index (χ4n) is 2.84. The minimum atomic E-state index is -0.856. The number of hydrogen-bond donors (Lipinski definition) is 2. The van der Waals surface area contributed by atoms with E-state index in [1.165, 1.54) is 5.56 Å². The summed E-state index contributed by atoms with van der Waals surface area (Å²) in [6.07, 6.45) is 5.82. The van der Waals surface area contributed by atoms with E-state index in [2.05, 4.69) is 30.7 Å². The van der Waals surface area contributed by atoms with Crippen LogP contribution in [0.4, 0.5) is 0 Å². The van der Waals surface area contributed by atoms with Crippen LogP contribution < -0.4 is 5.73 Å². The van der Waals surface area contributed by atoms with Crippen LogP contribution in [0.3, 0.4) is 0 Å². The molecule has 0 spiro atoms. The van der Waals surface area contributed by atoms with Gasteiger partial charge in [-0.25, -0.2) is 4.79 Å². The van der Waals surface area contributed by atoms with E-state index in [1.54, 1.807) is 6.07 Å². The molecule has 2 aromatic rings. The molecule has 0 amide bonds. The van der Waals surface area contributed by atoms with Crippen LogP contribution in [0.15, 0.2) is 18.3 Å². The van der Waals surface area contributed by atoms with Crippen LogP contribution in [-0.2, 0) is 19.4 Å². The molecule has 4 heteroatoms. The Morgan fingerprint density at radius 3 is 2.67 bits per heavy atom. The first-order valence-corrected chi connectivity index (χ1v) is 7.70. The Balaban J connectivity index is 2.69. The Hall–Kier alpha value is -1.81. The maximum Gasteiger partial charge on any atom is 0.337 e. The van der Waals surface area contributed by atoms with Crippen LogP contribution >= 0.6 is 0 Å². The van der Waals surface area contributed by atoms with Gasteiger partial charge in [-0.2, -0.15) is 0 Å². The SMILES string of the molecule is CCCc1cn(CCCN)c2c(C(=O)O)cc(CC)cc12. The second-order valence-electron chi connectivity index (χ2n) is 5.44. The predicted octanol–water partition coefficient (Wildman–Crippen LogP) is 3.20. The van der Waals surface area contributed by atoms with Crippen LogP contribution in [0.1, 0.15) is 48.2 Å². The zero-order valence-electron chi connectivity index (χ0n) is 12.9. The van der Waals surface area contributed by atoms with Crippen LogP contribution in [-0.4, -0.2) is 22.2 Å². The third-order valence-corrected chi connectivity index (χ3v) is 3.88. The van der Waals surface area contributed by atoms with E-state index < -0.39 is 5.97 Å². The van der Waals surface area contributed by atoms with Crippen LogP contribution in [0.5, 0.6) is 0 Å². The maximum absolute atomic E-state index is 11.6. The molecule has 0 saturated carbocycles. The van der Waals surface area contributed by atoms with Gasteiger partial charge in [0.2, 0.25) is 0 Å². The first-order chi connectivity index (χ1) is 10.1. The highest BCUT2D eigenvalue weighted by Crippen LogP contribution is 2.28. The van der Waals surface area contributed by atoms with Crippen molar-refractivity contribution in [2.75, 3.05) is 6.54 Å². The van der Waals surface area contributed by atoms with Crippen molar-refractivity contribution in [3.63, 3.8) is 0 Å². The lowest BCUT2D eigenvalue weighted by molar-refractivity contribution is 0.0698. The van der Waals surface area contributed by atoms with Gasteiger partial charge in [-0.15, -0.1) is 0 Å². The molecule has 2 rings (SSSR count). The average Bonchev–Trinajstić information content (AvgIpc) is 2.82. The van der Waals surface area contributed by atoms with E-state index in [-0.39, 0.29) is 0 Å². The van der Waals surface area contributed by atoms with Crippen molar-refractivity contribution >= 4 is 16.9 Å². The summed E-state index contributed by atoms with van der Waals surface area (Å²) in [5.41, 5.74) is 9.17. The first kappa shape index (κ1) is 15.6. The van der Waals surface area contributed by atoms with Crippen molar-refractivity contribution in [1.82, 2.24) is 4.57 Å². The van der Waals surface area contributed by atoms with Gasteiger partial charge in [-0.3, -0.25) is 0 Å². The maximum atomic E-state index is 11.6. The quantitative estimate of drug-likeness (QED) is 0.822. The highest BCUT2D eigenvalue weighted by atomic mass is 16.4.